The average Bonchev–Trinajstić information content (AvgIpc) is 2.65. The first-order valence-corrected chi connectivity index (χ1v) is 6.33. The molecule has 0 spiro atoms. The lowest BCUT2D eigenvalue weighted by Crippen LogP contribution is -2.10. The SMILES string of the molecule is CCCCC(CC)Cn1cc(Cl)c([N+](=O)[O-])n1. The molecule has 0 radical (unpaired) electrons. The Morgan fingerprint density at radius 3 is 2.76 bits per heavy atom. The number of unbranched alkanes of at least 4 members (excludes halogenated alkanes) is 1. The quantitative estimate of drug-likeness (QED) is 0.554. The van der Waals surface area contributed by atoms with Gasteiger partial charge in [-0.2, -0.15) is 4.68 Å². The van der Waals surface area contributed by atoms with Crippen molar-refractivity contribution in [3.8, 4) is 0 Å². The van der Waals surface area contributed by atoms with Crippen molar-refractivity contribution < 1.29 is 4.92 Å². The first-order valence-electron chi connectivity index (χ1n) is 5.95. The Labute approximate surface area is 106 Å². The molecule has 0 N–H and O–H groups in total. The Morgan fingerprint density at radius 1 is 1.59 bits per heavy atom. The van der Waals surface area contributed by atoms with Gasteiger partial charge in [0.2, 0.25) is 0 Å². The minimum absolute atomic E-state index is 0.111. The molecular formula is C11H18ClN3O2. The highest BCUT2D eigenvalue weighted by Crippen LogP contribution is 2.23. The van der Waals surface area contributed by atoms with Gasteiger partial charge in [0, 0.05) is 0 Å². The van der Waals surface area contributed by atoms with E-state index in [1.54, 1.807) is 4.68 Å². The van der Waals surface area contributed by atoms with E-state index in [0.29, 0.717) is 12.5 Å². The fourth-order valence-electron chi connectivity index (χ4n) is 1.79. The highest BCUT2D eigenvalue weighted by Gasteiger charge is 2.20. The number of nitro groups is 1. The standard InChI is InChI=1S/C11H18ClN3O2/c1-3-5-6-9(4-2)7-14-8-10(12)11(13-14)15(16)17/h8-9H,3-7H2,1-2H3. The molecule has 1 aromatic rings. The van der Waals surface area contributed by atoms with Crippen molar-refractivity contribution >= 4 is 17.4 Å². The van der Waals surface area contributed by atoms with Crippen molar-refractivity contribution in [2.24, 2.45) is 5.92 Å². The van der Waals surface area contributed by atoms with Crippen LogP contribution < -0.4 is 0 Å². The molecule has 1 rings (SSSR count). The summed E-state index contributed by atoms with van der Waals surface area (Å²) in [6.07, 6.45) is 6.05. The van der Waals surface area contributed by atoms with E-state index in [1.807, 2.05) is 0 Å². The summed E-state index contributed by atoms with van der Waals surface area (Å²) in [5.41, 5.74) is 0. The lowest BCUT2D eigenvalue weighted by atomic mass is 10.00. The number of rotatable bonds is 7. The molecule has 0 bridgehead atoms. The third-order valence-electron chi connectivity index (χ3n) is 2.86. The third-order valence-corrected chi connectivity index (χ3v) is 3.13. The Kier molecular flexibility index (Phi) is 5.41. The number of hydrogen-bond donors (Lipinski definition) is 0. The highest BCUT2D eigenvalue weighted by molar-refractivity contribution is 6.32. The summed E-state index contributed by atoms with van der Waals surface area (Å²) < 4.78 is 1.59. The minimum Gasteiger partial charge on any atom is -0.358 e. The summed E-state index contributed by atoms with van der Waals surface area (Å²) in [5, 5.41) is 14.6. The fraction of sp³-hybridized carbons (Fsp3) is 0.727. The molecule has 1 atom stereocenters. The predicted molar refractivity (Wildman–Crippen MR) is 67.2 cm³/mol. The second-order valence-corrected chi connectivity index (χ2v) is 4.60. The molecule has 17 heavy (non-hydrogen) atoms. The number of hydrogen-bond acceptors (Lipinski definition) is 3. The van der Waals surface area contributed by atoms with Crippen molar-refractivity contribution in [2.75, 3.05) is 0 Å². The van der Waals surface area contributed by atoms with Gasteiger partial charge in [0.05, 0.1) is 17.8 Å². The zero-order chi connectivity index (χ0) is 12.8. The first kappa shape index (κ1) is 14.0. The van der Waals surface area contributed by atoms with Crippen molar-refractivity contribution in [2.45, 2.75) is 46.1 Å². The monoisotopic (exact) mass is 259 g/mol. The van der Waals surface area contributed by atoms with Gasteiger partial charge in [-0.3, -0.25) is 0 Å². The predicted octanol–water partition coefficient (Wildman–Crippen LogP) is 3.66. The Morgan fingerprint density at radius 2 is 2.29 bits per heavy atom. The van der Waals surface area contributed by atoms with Gasteiger partial charge in [0.1, 0.15) is 0 Å². The Hall–Kier alpha value is -1.10. The maximum atomic E-state index is 10.6. The molecule has 5 nitrogen and oxygen atoms in total. The minimum atomic E-state index is -0.550. The average molecular weight is 260 g/mol. The number of nitrogens with zero attached hydrogens (tertiary/aromatic N) is 3. The number of halogens is 1. The second-order valence-electron chi connectivity index (χ2n) is 4.20. The Balaban J connectivity index is 2.66. The van der Waals surface area contributed by atoms with Crippen LogP contribution in [-0.4, -0.2) is 14.7 Å². The summed E-state index contributed by atoms with van der Waals surface area (Å²) >= 11 is 5.75. The summed E-state index contributed by atoms with van der Waals surface area (Å²) in [5.74, 6) is 0.252. The van der Waals surface area contributed by atoms with Gasteiger partial charge in [-0.15, -0.1) is 0 Å². The lowest BCUT2D eigenvalue weighted by molar-refractivity contribution is -0.389. The van der Waals surface area contributed by atoms with Crippen molar-refractivity contribution in [1.82, 2.24) is 9.78 Å². The molecule has 6 heteroatoms. The van der Waals surface area contributed by atoms with Crippen LogP contribution in [0.15, 0.2) is 6.20 Å². The van der Waals surface area contributed by atoms with Crippen LogP contribution in [0.25, 0.3) is 0 Å². The normalized spacial score (nSPS) is 12.6. The first-order chi connectivity index (χ1) is 8.08. The van der Waals surface area contributed by atoms with Gasteiger partial charge >= 0.3 is 5.82 Å². The summed E-state index contributed by atoms with van der Waals surface area (Å²) in [6.45, 7) is 4.98. The zero-order valence-electron chi connectivity index (χ0n) is 10.2. The molecule has 0 aliphatic rings. The second kappa shape index (κ2) is 6.59. The van der Waals surface area contributed by atoms with Crippen LogP contribution in [-0.2, 0) is 6.54 Å². The Bertz CT molecular complexity index is 379. The van der Waals surface area contributed by atoms with E-state index in [1.165, 1.54) is 12.6 Å². The van der Waals surface area contributed by atoms with Gasteiger partial charge < -0.3 is 10.1 Å². The topological polar surface area (TPSA) is 61.0 Å². The summed E-state index contributed by atoms with van der Waals surface area (Å²) in [7, 11) is 0. The molecule has 0 aliphatic carbocycles. The number of aromatic nitrogens is 2. The molecule has 1 aromatic heterocycles. The van der Waals surface area contributed by atoms with E-state index in [9.17, 15) is 10.1 Å². The van der Waals surface area contributed by atoms with Gasteiger partial charge in [-0.05, 0) is 17.3 Å². The molecule has 0 fully saturated rings. The van der Waals surface area contributed by atoms with E-state index in [4.69, 9.17) is 11.6 Å². The maximum absolute atomic E-state index is 10.6. The van der Waals surface area contributed by atoms with Crippen LogP contribution in [0.5, 0.6) is 0 Å². The molecule has 1 heterocycles. The molecular weight excluding hydrogens is 242 g/mol. The molecule has 0 saturated carbocycles. The molecule has 0 aromatic carbocycles. The maximum Gasteiger partial charge on any atom is 0.408 e. The summed E-state index contributed by atoms with van der Waals surface area (Å²) in [4.78, 5) is 10.1. The van der Waals surface area contributed by atoms with Crippen molar-refractivity contribution in [1.29, 1.82) is 0 Å². The molecule has 96 valence electrons. The van der Waals surface area contributed by atoms with Crippen LogP contribution in [0.4, 0.5) is 5.82 Å². The fourth-order valence-corrected chi connectivity index (χ4v) is 2.01. The van der Waals surface area contributed by atoms with E-state index in [-0.39, 0.29) is 10.8 Å². The van der Waals surface area contributed by atoms with Crippen LogP contribution in [0.1, 0.15) is 39.5 Å². The van der Waals surface area contributed by atoms with Gasteiger partial charge in [-0.1, -0.05) is 44.7 Å². The van der Waals surface area contributed by atoms with Crippen molar-refractivity contribution in [3.05, 3.63) is 21.3 Å². The van der Waals surface area contributed by atoms with Crippen LogP contribution >= 0.6 is 11.6 Å². The van der Waals surface area contributed by atoms with Crippen LogP contribution in [0.2, 0.25) is 5.02 Å². The largest absolute Gasteiger partial charge is 0.408 e. The molecule has 1 unspecified atom stereocenters. The highest BCUT2D eigenvalue weighted by atomic mass is 35.5. The van der Waals surface area contributed by atoms with Gasteiger partial charge in [-0.25, -0.2) is 0 Å². The smallest absolute Gasteiger partial charge is 0.358 e. The van der Waals surface area contributed by atoms with E-state index in [2.05, 4.69) is 18.9 Å². The third kappa shape index (κ3) is 4.00. The van der Waals surface area contributed by atoms with Crippen molar-refractivity contribution in [3.63, 3.8) is 0 Å². The van der Waals surface area contributed by atoms with E-state index in [0.717, 1.165) is 19.3 Å². The van der Waals surface area contributed by atoms with Gasteiger partial charge in [0.25, 0.3) is 0 Å². The van der Waals surface area contributed by atoms with Gasteiger partial charge in [0.15, 0.2) is 5.02 Å². The lowest BCUT2D eigenvalue weighted by Gasteiger charge is -2.11. The molecule has 0 aliphatic heterocycles. The summed E-state index contributed by atoms with van der Waals surface area (Å²) in [6, 6.07) is 0. The van der Waals surface area contributed by atoms with Crippen LogP contribution in [0.3, 0.4) is 0 Å². The van der Waals surface area contributed by atoms with E-state index >= 15 is 0 Å². The zero-order valence-corrected chi connectivity index (χ0v) is 11.0. The van der Waals surface area contributed by atoms with E-state index < -0.39 is 4.92 Å². The molecule has 0 saturated heterocycles. The molecule has 0 amide bonds. The van der Waals surface area contributed by atoms with Crippen LogP contribution in [0, 0.1) is 16.0 Å².